The Balaban J connectivity index is 1.36. The molecule has 0 aliphatic carbocycles. The molecule has 0 aromatic heterocycles. The van der Waals surface area contributed by atoms with Crippen molar-refractivity contribution < 1.29 is 33.3 Å². The van der Waals surface area contributed by atoms with Gasteiger partial charge in [-0.3, -0.25) is 4.79 Å². The number of nitrogens with two attached hydrogens (primary N) is 1. The highest BCUT2D eigenvalue weighted by Gasteiger charge is 2.16. The predicted octanol–water partition coefficient (Wildman–Crippen LogP) is 2.12. The van der Waals surface area contributed by atoms with Crippen LogP contribution in [0.2, 0.25) is 0 Å². The van der Waals surface area contributed by atoms with Crippen molar-refractivity contribution in [1.82, 2.24) is 0 Å². The van der Waals surface area contributed by atoms with E-state index in [4.69, 9.17) is 29.4 Å². The van der Waals surface area contributed by atoms with Gasteiger partial charge in [-0.2, -0.15) is 0 Å². The van der Waals surface area contributed by atoms with E-state index in [9.17, 15) is 9.59 Å². The Morgan fingerprint density at radius 3 is 1.80 bits per heavy atom. The molecule has 8 nitrogen and oxygen atoms in total. The number of anilines is 1. The summed E-state index contributed by atoms with van der Waals surface area (Å²) < 4.78 is 26.5. The molecule has 0 aliphatic heterocycles. The van der Waals surface area contributed by atoms with Crippen molar-refractivity contribution in [2.45, 2.75) is 0 Å². The Hall–Kier alpha value is -2.94. The third-order valence-electron chi connectivity index (χ3n) is 3.80. The summed E-state index contributed by atoms with van der Waals surface area (Å²) in [6.07, 6.45) is 0. The molecule has 2 rings (SSSR count). The van der Waals surface area contributed by atoms with E-state index in [2.05, 4.69) is 0 Å². The first-order valence-electron chi connectivity index (χ1n) is 9.65. The number of rotatable bonds is 15. The number of ketones is 1. The van der Waals surface area contributed by atoms with Crippen LogP contribution in [-0.4, -0.2) is 64.6 Å². The predicted molar refractivity (Wildman–Crippen MR) is 111 cm³/mol. The lowest BCUT2D eigenvalue weighted by atomic mass is 10.1. The van der Waals surface area contributed by atoms with Gasteiger partial charge in [0.25, 0.3) is 5.78 Å². The van der Waals surface area contributed by atoms with Crippen molar-refractivity contribution in [3.8, 4) is 5.75 Å². The summed E-state index contributed by atoms with van der Waals surface area (Å²) in [6, 6.07) is 15.4. The van der Waals surface area contributed by atoms with Gasteiger partial charge in [-0.05, 0) is 24.3 Å². The van der Waals surface area contributed by atoms with Gasteiger partial charge in [-0.25, -0.2) is 4.79 Å². The summed E-state index contributed by atoms with van der Waals surface area (Å²) in [5.74, 6) is -0.812. The molecule has 0 amide bonds. The van der Waals surface area contributed by atoms with Crippen LogP contribution < -0.4 is 10.5 Å². The summed E-state index contributed by atoms with van der Waals surface area (Å²) in [5.41, 5.74) is 6.60. The zero-order valence-corrected chi connectivity index (χ0v) is 16.8. The van der Waals surface area contributed by atoms with Crippen LogP contribution in [0, 0.1) is 0 Å². The number of ether oxygens (including phenoxy) is 5. The molecule has 0 saturated carbocycles. The molecule has 30 heavy (non-hydrogen) atoms. The SMILES string of the molecule is Nc1ccc(OCCOCCOCCOCCOC(=O)C(=O)c2ccccc2)cc1. The minimum Gasteiger partial charge on any atom is -0.491 e. The van der Waals surface area contributed by atoms with E-state index in [0.717, 1.165) is 5.75 Å². The van der Waals surface area contributed by atoms with E-state index in [1.54, 1.807) is 54.6 Å². The Labute approximate surface area is 175 Å². The second kappa shape index (κ2) is 14.1. The molecule has 2 N–H and O–H groups in total. The maximum atomic E-state index is 11.8. The molecule has 0 fully saturated rings. The molecular formula is C22H27NO7. The van der Waals surface area contributed by atoms with Crippen molar-refractivity contribution in [3.63, 3.8) is 0 Å². The molecule has 0 atom stereocenters. The Morgan fingerprint density at radius 2 is 1.20 bits per heavy atom. The van der Waals surface area contributed by atoms with Crippen molar-refractivity contribution in [3.05, 3.63) is 60.2 Å². The smallest absolute Gasteiger partial charge is 0.379 e. The lowest BCUT2D eigenvalue weighted by molar-refractivity contribution is -0.139. The maximum Gasteiger partial charge on any atom is 0.379 e. The number of carbonyl (C=O) groups is 2. The second-order valence-corrected chi connectivity index (χ2v) is 6.09. The van der Waals surface area contributed by atoms with E-state index in [1.807, 2.05) is 0 Å². The van der Waals surface area contributed by atoms with Gasteiger partial charge >= 0.3 is 5.97 Å². The first kappa shape index (κ1) is 23.3. The highest BCUT2D eigenvalue weighted by atomic mass is 16.6. The molecule has 0 saturated heterocycles. The summed E-state index contributed by atoms with van der Waals surface area (Å²) in [6.45, 7) is 2.73. The summed E-state index contributed by atoms with van der Waals surface area (Å²) in [5, 5.41) is 0. The molecule has 0 aliphatic rings. The molecule has 0 spiro atoms. The molecule has 8 heteroatoms. The lowest BCUT2D eigenvalue weighted by Gasteiger charge is -2.08. The van der Waals surface area contributed by atoms with Gasteiger partial charge in [0.2, 0.25) is 0 Å². The van der Waals surface area contributed by atoms with Gasteiger partial charge in [-0.15, -0.1) is 0 Å². The van der Waals surface area contributed by atoms with Crippen molar-refractivity contribution >= 4 is 17.4 Å². The fourth-order valence-corrected chi connectivity index (χ4v) is 2.29. The fourth-order valence-electron chi connectivity index (χ4n) is 2.29. The normalized spacial score (nSPS) is 10.5. The summed E-state index contributed by atoms with van der Waals surface area (Å²) in [4.78, 5) is 23.4. The van der Waals surface area contributed by atoms with Crippen LogP contribution in [0.1, 0.15) is 10.4 Å². The van der Waals surface area contributed by atoms with E-state index in [1.165, 1.54) is 0 Å². The molecule has 0 heterocycles. The largest absolute Gasteiger partial charge is 0.491 e. The van der Waals surface area contributed by atoms with E-state index in [0.29, 0.717) is 50.9 Å². The molecular weight excluding hydrogens is 390 g/mol. The van der Waals surface area contributed by atoms with Gasteiger partial charge in [-0.1, -0.05) is 30.3 Å². The molecule has 2 aromatic carbocycles. The minimum absolute atomic E-state index is 0.00846. The average molecular weight is 417 g/mol. The second-order valence-electron chi connectivity index (χ2n) is 6.09. The number of nitrogen functional groups attached to an aromatic ring is 1. The van der Waals surface area contributed by atoms with Crippen LogP contribution in [-0.2, 0) is 23.7 Å². The lowest BCUT2D eigenvalue weighted by Crippen LogP contribution is -2.20. The van der Waals surface area contributed by atoms with Crippen LogP contribution in [0.15, 0.2) is 54.6 Å². The standard InChI is InChI=1S/C22H27NO7/c23-19-6-8-20(9-7-19)29-16-14-27-12-10-26-11-13-28-15-17-30-22(25)21(24)18-4-2-1-3-5-18/h1-9H,10-17,23H2. The third-order valence-corrected chi connectivity index (χ3v) is 3.80. The monoisotopic (exact) mass is 417 g/mol. The fraction of sp³-hybridized carbons (Fsp3) is 0.364. The van der Waals surface area contributed by atoms with Crippen LogP contribution in [0.4, 0.5) is 5.69 Å². The number of Topliss-reactive ketones (excluding diaryl/α,β-unsaturated/α-hetero) is 1. The van der Waals surface area contributed by atoms with Crippen molar-refractivity contribution in [1.29, 1.82) is 0 Å². The van der Waals surface area contributed by atoms with E-state index in [-0.39, 0.29) is 13.2 Å². The van der Waals surface area contributed by atoms with Gasteiger partial charge in [0.1, 0.15) is 19.0 Å². The van der Waals surface area contributed by atoms with Crippen LogP contribution in [0.25, 0.3) is 0 Å². The number of esters is 1. The third kappa shape index (κ3) is 9.51. The summed E-state index contributed by atoms with van der Waals surface area (Å²) in [7, 11) is 0. The zero-order valence-electron chi connectivity index (χ0n) is 16.8. The van der Waals surface area contributed by atoms with Crippen LogP contribution in [0.3, 0.4) is 0 Å². The number of hydrogen-bond acceptors (Lipinski definition) is 8. The number of hydrogen-bond donors (Lipinski definition) is 1. The Morgan fingerprint density at radius 1 is 0.667 bits per heavy atom. The number of benzene rings is 2. The summed E-state index contributed by atoms with van der Waals surface area (Å²) >= 11 is 0. The van der Waals surface area contributed by atoms with Crippen LogP contribution in [0.5, 0.6) is 5.75 Å². The minimum atomic E-state index is -0.890. The highest BCUT2D eigenvalue weighted by Crippen LogP contribution is 2.12. The molecule has 2 aromatic rings. The molecule has 162 valence electrons. The van der Waals surface area contributed by atoms with E-state index < -0.39 is 11.8 Å². The van der Waals surface area contributed by atoms with Gasteiger partial charge in [0.15, 0.2) is 0 Å². The zero-order chi connectivity index (χ0) is 21.4. The topological polar surface area (TPSA) is 106 Å². The maximum absolute atomic E-state index is 11.8. The number of carbonyl (C=O) groups excluding carboxylic acids is 2. The average Bonchev–Trinajstić information content (AvgIpc) is 2.78. The first-order valence-corrected chi connectivity index (χ1v) is 9.65. The first-order chi connectivity index (χ1) is 14.7. The molecule has 0 unspecified atom stereocenters. The molecule has 0 bridgehead atoms. The van der Waals surface area contributed by atoms with Gasteiger partial charge in [0.05, 0.1) is 39.6 Å². The van der Waals surface area contributed by atoms with Crippen LogP contribution >= 0.6 is 0 Å². The van der Waals surface area contributed by atoms with Gasteiger partial charge < -0.3 is 29.4 Å². The van der Waals surface area contributed by atoms with E-state index >= 15 is 0 Å². The highest BCUT2D eigenvalue weighted by molar-refractivity contribution is 6.40. The van der Waals surface area contributed by atoms with Crippen molar-refractivity contribution in [2.75, 3.05) is 58.6 Å². The quantitative estimate of drug-likeness (QED) is 0.154. The van der Waals surface area contributed by atoms with Gasteiger partial charge in [0, 0.05) is 11.3 Å². The Kier molecular flexibility index (Phi) is 11.0. The molecule has 0 radical (unpaired) electrons. The van der Waals surface area contributed by atoms with Crippen molar-refractivity contribution in [2.24, 2.45) is 0 Å². The Bertz CT molecular complexity index is 750.